The van der Waals surface area contributed by atoms with E-state index >= 15 is 0 Å². The van der Waals surface area contributed by atoms with Gasteiger partial charge in [-0.2, -0.15) is 0 Å². The summed E-state index contributed by atoms with van der Waals surface area (Å²) in [5, 5.41) is 0.732. The molecule has 3 aromatic rings. The van der Waals surface area contributed by atoms with Gasteiger partial charge in [-0.3, -0.25) is 4.79 Å². The van der Waals surface area contributed by atoms with E-state index in [0.717, 1.165) is 27.3 Å². The molecule has 1 unspecified atom stereocenters. The summed E-state index contributed by atoms with van der Waals surface area (Å²) in [7, 11) is 0. The molecule has 0 fully saturated rings. The van der Waals surface area contributed by atoms with Gasteiger partial charge in [0.1, 0.15) is 0 Å². The van der Waals surface area contributed by atoms with Crippen LogP contribution < -0.4 is 0 Å². The van der Waals surface area contributed by atoms with E-state index in [0.29, 0.717) is 18.0 Å². The first kappa shape index (κ1) is 21.7. The van der Waals surface area contributed by atoms with Gasteiger partial charge in [0.2, 0.25) is 0 Å². The van der Waals surface area contributed by atoms with Crippen LogP contribution in [0.4, 0.5) is 0 Å². The number of halogens is 2. The Morgan fingerprint density at radius 3 is 2.52 bits per heavy atom. The van der Waals surface area contributed by atoms with Crippen LogP contribution in [0.15, 0.2) is 71.3 Å². The summed E-state index contributed by atoms with van der Waals surface area (Å²) < 4.78 is 3.00. The zero-order chi connectivity index (χ0) is 21.0. The van der Waals surface area contributed by atoms with Crippen molar-refractivity contribution in [2.75, 3.05) is 0 Å². The third kappa shape index (κ3) is 5.31. The number of hydrogen-bond donors (Lipinski definition) is 0. The molecule has 0 spiro atoms. The first-order valence-electron chi connectivity index (χ1n) is 9.80. The van der Waals surface area contributed by atoms with Crippen LogP contribution in [-0.2, 0) is 13.1 Å². The average Bonchev–Trinajstić information content (AvgIpc) is 3.12. The van der Waals surface area contributed by atoms with Gasteiger partial charge in [-0.25, -0.2) is 0 Å². The number of rotatable bonds is 7. The lowest BCUT2D eigenvalue weighted by Gasteiger charge is -2.32. The van der Waals surface area contributed by atoms with Crippen LogP contribution in [0.5, 0.6) is 0 Å². The van der Waals surface area contributed by atoms with Gasteiger partial charge in [-0.15, -0.1) is 0 Å². The molecule has 3 rings (SSSR count). The SMILES string of the molecule is CC(C)C(C)N(Cc1cccn1Cc1cccc(Cl)c1)C(=O)c1ccccc1Br. The predicted molar refractivity (Wildman–Crippen MR) is 123 cm³/mol. The Morgan fingerprint density at radius 1 is 1.07 bits per heavy atom. The summed E-state index contributed by atoms with van der Waals surface area (Å²) in [6.07, 6.45) is 2.05. The largest absolute Gasteiger partial charge is 0.345 e. The molecule has 0 aliphatic carbocycles. The second kappa shape index (κ2) is 9.64. The van der Waals surface area contributed by atoms with Gasteiger partial charge in [-0.1, -0.05) is 49.7 Å². The van der Waals surface area contributed by atoms with Crippen molar-refractivity contribution in [2.24, 2.45) is 5.92 Å². The Morgan fingerprint density at radius 2 is 1.83 bits per heavy atom. The molecule has 1 atom stereocenters. The fourth-order valence-corrected chi connectivity index (χ4v) is 3.97. The molecule has 0 aliphatic rings. The lowest BCUT2D eigenvalue weighted by molar-refractivity contribution is 0.0622. The Bertz CT molecular complexity index is 982. The molecule has 0 saturated carbocycles. The molecule has 152 valence electrons. The zero-order valence-electron chi connectivity index (χ0n) is 17.0. The number of nitrogens with zero attached hydrogens (tertiary/aromatic N) is 2. The molecule has 0 bridgehead atoms. The molecule has 3 nitrogen and oxygen atoms in total. The summed E-state index contributed by atoms with van der Waals surface area (Å²) in [4.78, 5) is 15.4. The first-order valence-corrected chi connectivity index (χ1v) is 11.0. The van der Waals surface area contributed by atoms with Crippen molar-refractivity contribution in [2.45, 2.75) is 39.9 Å². The third-order valence-electron chi connectivity index (χ3n) is 5.32. The van der Waals surface area contributed by atoms with E-state index in [1.807, 2.05) is 53.4 Å². The minimum absolute atomic E-state index is 0.0363. The normalized spacial score (nSPS) is 12.2. The monoisotopic (exact) mass is 472 g/mol. The van der Waals surface area contributed by atoms with Crippen molar-refractivity contribution in [3.05, 3.63) is 93.2 Å². The van der Waals surface area contributed by atoms with Gasteiger partial charge < -0.3 is 9.47 Å². The van der Waals surface area contributed by atoms with Crippen molar-refractivity contribution in [1.82, 2.24) is 9.47 Å². The van der Waals surface area contributed by atoms with E-state index in [2.05, 4.69) is 59.6 Å². The molecular weight excluding hydrogens is 448 g/mol. The zero-order valence-corrected chi connectivity index (χ0v) is 19.3. The highest BCUT2D eigenvalue weighted by Crippen LogP contribution is 2.23. The first-order chi connectivity index (χ1) is 13.9. The Balaban J connectivity index is 1.88. The Labute approximate surface area is 186 Å². The number of aromatic nitrogens is 1. The van der Waals surface area contributed by atoms with Crippen molar-refractivity contribution >= 4 is 33.4 Å². The summed E-state index contributed by atoms with van der Waals surface area (Å²) in [5.41, 5.74) is 2.92. The number of amides is 1. The highest BCUT2D eigenvalue weighted by Gasteiger charge is 2.26. The summed E-state index contributed by atoms with van der Waals surface area (Å²) >= 11 is 9.67. The third-order valence-corrected chi connectivity index (χ3v) is 6.25. The number of benzene rings is 2. The molecule has 29 heavy (non-hydrogen) atoms. The molecule has 1 amide bonds. The number of carbonyl (C=O) groups excluding carboxylic acids is 1. The molecule has 1 aromatic heterocycles. The van der Waals surface area contributed by atoms with Gasteiger partial charge in [0, 0.05) is 34.0 Å². The molecule has 0 N–H and O–H groups in total. The second-order valence-corrected chi connectivity index (χ2v) is 8.95. The van der Waals surface area contributed by atoms with E-state index in [9.17, 15) is 4.79 Å². The van der Waals surface area contributed by atoms with Crippen LogP contribution in [0.1, 0.15) is 42.4 Å². The van der Waals surface area contributed by atoms with Gasteiger partial charge in [0.25, 0.3) is 5.91 Å². The minimum atomic E-state index is 0.0363. The number of hydrogen-bond acceptors (Lipinski definition) is 1. The fourth-order valence-electron chi connectivity index (χ4n) is 3.30. The van der Waals surface area contributed by atoms with E-state index in [1.54, 1.807) is 0 Å². The maximum Gasteiger partial charge on any atom is 0.255 e. The topological polar surface area (TPSA) is 25.2 Å². The number of carbonyl (C=O) groups is 1. The van der Waals surface area contributed by atoms with E-state index in [4.69, 9.17) is 11.6 Å². The second-order valence-electron chi connectivity index (χ2n) is 7.65. The van der Waals surface area contributed by atoms with Gasteiger partial charge >= 0.3 is 0 Å². The smallest absolute Gasteiger partial charge is 0.255 e. The molecule has 0 radical (unpaired) electrons. The summed E-state index contributed by atoms with van der Waals surface area (Å²) in [5.74, 6) is 0.381. The van der Waals surface area contributed by atoms with Crippen LogP contribution in [-0.4, -0.2) is 21.4 Å². The quantitative estimate of drug-likeness (QED) is 0.377. The Hall–Kier alpha value is -2.04. The van der Waals surface area contributed by atoms with Crippen LogP contribution in [0, 0.1) is 5.92 Å². The molecular formula is C24H26BrClN2O. The van der Waals surface area contributed by atoms with Gasteiger partial charge in [0.05, 0.1) is 12.1 Å². The highest BCUT2D eigenvalue weighted by molar-refractivity contribution is 9.10. The van der Waals surface area contributed by atoms with E-state index < -0.39 is 0 Å². The van der Waals surface area contributed by atoms with Crippen molar-refractivity contribution in [3.8, 4) is 0 Å². The summed E-state index contributed by atoms with van der Waals surface area (Å²) in [6, 6.07) is 19.7. The standard InChI is InChI=1S/C24H26BrClN2O/c1-17(2)18(3)28(24(29)22-11-4-5-12-23(22)25)16-21-10-7-13-27(21)15-19-8-6-9-20(26)14-19/h4-14,17-18H,15-16H2,1-3H3. The maximum atomic E-state index is 13.4. The van der Waals surface area contributed by atoms with Crippen LogP contribution in [0.25, 0.3) is 0 Å². The lowest BCUT2D eigenvalue weighted by atomic mass is 10.0. The van der Waals surface area contributed by atoms with E-state index in [1.165, 1.54) is 0 Å². The predicted octanol–water partition coefficient (Wildman–Crippen LogP) is 6.64. The van der Waals surface area contributed by atoms with Crippen LogP contribution in [0.3, 0.4) is 0 Å². The van der Waals surface area contributed by atoms with Gasteiger partial charge in [-0.05, 0) is 70.7 Å². The molecule has 5 heteroatoms. The van der Waals surface area contributed by atoms with Crippen molar-refractivity contribution in [3.63, 3.8) is 0 Å². The van der Waals surface area contributed by atoms with Gasteiger partial charge in [0.15, 0.2) is 0 Å². The van der Waals surface area contributed by atoms with Crippen molar-refractivity contribution in [1.29, 1.82) is 0 Å². The molecule has 1 heterocycles. The van der Waals surface area contributed by atoms with Crippen molar-refractivity contribution < 1.29 is 4.79 Å². The molecule has 0 saturated heterocycles. The lowest BCUT2D eigenvalue weighted by Crippen LogP contribution is -2.41. The average molecular weight is 474 g/mol. The Kier molecular flexibility index (Phi) is 7.20. The van der Waals surface area contributed by atoms with Crippen LogP contribution >= 0.6 is 27.5 Å². The molecule has 0 aliphatic heterocycles. The maximum absolute atomic E-state index is 13.4. The molecule has 2 aromatic carbocycles. The fraction of sp³-hybridized carbons (Fsp3) is 0.292. The van der Waals surface area contributed by atoms with Crippen LogP contribution in [0.2, 0.25) is 5.02 Å². The minimum Gasteiger partial charge on any atom is -0.345 e. The highest BCUT2D eigenvalue weighted by atomic mass is 79.9. The van der Waals surface area contributed by atoms with E-state index in [-0.39, 0.29) is 11.9 Å². The summed E-state index contributed by atoms with van der Waals surface area (Å²) in [6.45, 7) is 7.68.